The van der Waals surface area contributed by atoms with Crippen LogP contribution in [0.3, 0.4) is 0 Å². The molecular weight excluding hydrogens is 210 g/mol. The fraction of sp³-hybridized carbons (Fsp3) is 0.556. The number of hydrogen-bond donors (Lipinski definition) is 0. The topological polar surface area (TPSA) is 56.5 Å². The Morgan fingerprint density at radius 2 is 2.27 bits per heavy atom. The van der Waals surface area contributed by atoms with E-state index in [2.05, 4.69) is 39.7 Å². The van der Waals surface area contributed by atoms with Crippen molar-refractivity contribution >= 4 is 11.3 Å². The van der Waals surface area contributed by atoms with E-state index in [0.29, 0.717) is 12.5 Å². The Hall–Kier alpha value is -1.30. The fourth-order valence-corrected chi connectivity index (χ4v) is 2.04. The van der Waals surface area contributed by atoms with Crippen LogP contribution < -0.4 is 0 Å². The molecule has 0 fully saturated rings. The first-order valence-electron chi connectivity index (χ1n) is 4.84. The number of thiazole rings is 1. The van der Waals surface area contributed by atoms with E-state index in [1.54, 1.807) is 16.0 Å². The maximum atomic E-state index is 4.53. The van der Waals surface area contributed by atoms with Crippen LogP contribution in [-0.2, 0) is 6.54 Å². The third kappa shape index (κ3) is 2.20. The maximum Gasteiger partial charge on any atom is 0.148 e. The highest BCUT2D eigenvalue weighted by atomic mass is 32.1. The van der Waals surface area contributed by atoms with Crippen molar-refractivity contribution < 1.29 is 0 Å². The largest absolute Gasteiger partial charge is 0.244 e. The van der Waals surface area contributed by atoms with Crippen molar-refractivity contribution in [3.05, 3.63) is 21.9 Å². The van der Waals surface area contributed by atoms with Crippen LogP contribution >= 0.6 is 11.3 Å². The van der Waals surface area contributed by atoms with E-state index < -0.39 is 0 Å². The van der Waals surface area contributed by atoms with Gasteiger partial charge in [-0.05, 0) is 17.4 Å². The number of tetrazole rings is 1. The molecule has 0 unspecified atom stereocenters. The Morgan fingerprint density at radius 3 is 2.80 bits per heavy atom. The number of rotatable bonds is 3. The van der Waals surface area contributed by atoms with E-state index in [0.717, 1.165) is 16.5 Å². The molecular formula is C9H13N5S. The summed E-state index contributed by atoms with van der Waals surface area (Å²) in [5.74, 6) is 1.30. The van der Waals surface area contributed by atoms with Gasteiger partial charge in [0.25, 0.3) is 0 Å². The molecule has 0 N–H and O–H groups in total. The van der Waals surface area contributed by atoms with E-state index >= 15 is 0 Å². The normalized spacial score (nSPS) is 11.2. The summed E-state index contributed by atoms with van der Waals surface area (Å²) in [6.45, 7) is 6.83. The van der Waals surface area contributed by atoms with Crippen molar-refractivity contribution in [3.63, 3.8) is 0 Å². The minimum absolute atomic E-state index is 0.485. The predicted molar refractivity (Wildman–Crippen MR) is 57.9 cm³/mol. The molecule has 0 saturated heterocycles. The molecule has 15 heavy (non-hydrogen) atoms. The molecule has 0 bridgehead atoms. The second-order valence-electron chi connectivity index (χ2n) is 3.72. The van der Waals surface area contributed by atoms with Gasteiger partial charge in [0.1, 0.15) is 5.82 Å². The molecule has 0 aliphatic carbocycles. The molecule has 0 aliphatic rings. The minimum atomic E-state index is 0.485. The third-order valence-corrected chi connectivity index (χ3v) is 3.28. The van der Waals surface area contributed by atoms with Crippen LogP contribution in [0.25, 0.3) is 0 Å². The molecule has 80 valence electrons. The molecule has 0 aliphatic heterocycles. The van der Waals surface area contributed by atoms with Gasteiger partial charge in [0.2, 0.25) is 0 Å². The van der Waals surface area contributed by atoms with Gasteiger partial charge in [0.05, 0.1) is 17.2 Å². The smallest absolute Gasteiger partial charge is 0.148 e. The van der Waals surface area contributed by atoms with Gasteiger partial charge < -0.3 is 0 Å². The van der Waals surface area contributed by atoms with Crippen molar-refractivity contribution in [1.29, 1.82) is 0 Å². The summed E-state index contributed by atoms with van der Waals surface area (Å²) in [5.41, 5.74) is 1.03. The monoisotopic (exact) mass is 223 g/mol. The molecule has 0 radical (unpaired) electrons. The first-order valence-corrected chi connectivity index (χ1v) is 5.72. The number of hydrogen-bond acceptors (Lipinski definition) is 5. The van der Waals surface area contributed by atoms with E-state index in [4.69, 9.17) is 0 Å². The second-order valence-corrected chi connectivity index (χ2v) is 4.61. The van der Waals surface area contributed by atoms with Crippen LogP contribution in [-0.4, -0.2) is 25.2 Å². The summed E-state index contributed by atoms with van der Waals surface area (Å²) in [5, 5.41) is 14.5. The number of nitrogens with zero attached hydrogens (tertiary/aromatic N) is 5. The molecule has 0 spiro atoms. The zero-order valence-corrected chi connectivity index (χ0v) is 9.82. The molecule has 2 heterocycles. The van der Waals surface area contributed by atoms with Crippen LogP contribution in [0.5, 0.6) is 0 Å². The average Bonchev–Trinajstić information content (AvgIpc) is 2.77. The zero-order valence-electron chi connectivity index (χ0n) is 9.01. The molecule has 5 nitrogen and oxygen atoms in total. The predicted octanol–water partition coefficient (Wildman–Crippen LogP) is 1.61. The van der Waals surface area contributed by atoms with Crippen LogP contribution in [0.1, 0.15) is 36.3 Å². The second kappa shape index (κ2) is 4.06. The highest BCUT2D eigenvalue weighted by Crippen LogP contribution is 2.19. The molecule has 0 amide bonds. The van der Waals surface area contributed by atoms with Gasteiger partial charge in [-0.3, -0.25) is 0 Å². The maximum absolute atomic E-state index is 4.53. The van der Waals surface area contributed by atoms with E-state index in [1.807, 2.05) is 6.92 Å². The lowest BCUT2D eigenvalue weighted by Gasteiger charge is -1.98. The first kappa shape index (κ1) is 10.2. The SMILES string of the molecule is Cc1nnnn1Cc1csc(C(C)C)n1. The zero-order chi connectivity index (χ0) is 10.8. The summed E-state index contributed by atoms with van der Waals surface area (Å²) >= 11 is 1.69. The van der Waals surface area contributed by atoms with Crippen molar-refractivity contribution in [2.24, 2.45) is 0 Å². The molecule has 2 aromatic heterocycles. The van der Waals surface area contributed by atoms with Gasteiger partial charge in [0.15, 0.2) is 0 Å². The van der Waals surface area contributed by atoms with Crippen molar-refractivity contribution in [2.45, 2.75) is 33.2 Å². The Labute approximate surface area is 92.2 Å². The Bertz CT molecular complexity index is 445. The van der Waals surface area contributed by atoms with Gasteiger partial charge in [0, 0.05) is 11.3 Å². The average molecular weight is 223 g/mol. The van der Waals surface area contributed by atoms with E-state index in [9.17, 15) is 0 Å². The first-order chi connectivity index (χ1) is 7.16. The lowest BCUT2D eigenvalue weighted by Crippen LogP contribution is -2.04. The highest BCUT2D eigenvalue weighted by molar-refractivity contribution is 7.09. The summed E-state index contributed by atoms with van der Waals surface area (Å²) in [6.07, 6.45) is 0. The summed E-state index contributed by atoms with van der Waals surface area (Å²) in [7, 11) is 0. The summed E-state index contributed by atoms with van der Waals surface area (Å²) in [6, 6.07) is 0. The lowest BCUT2D eigenvalue weighted by atomic mass is 10.2. The summed E-state index contributed by atoms with van der Waals surface area (Å²) in [4.78, 5) is 4.53. The lowest BCUT2D eigenvalue weighted by molar-refractivity contribution is 0.623. The number of aryl methyl sites for hydroxylation is 1. The van der Waals surface area contributed by atoms with Gasteiger partial charge in [-0.1, -0.05) is 13.8 Å². The molecule has 2 rings (SSSR count). The Morgan fingerprint density at radius 1 is 1.47 bits per heavy atom. The molecule has 6 heteroatoms. The van der Waals surface area contributed by atoms with Crippen LogP contribution in [0, 0.1) is 6.92 Å². The molecule has 2 aromatic rings. The van der Waals surface area contributed by atoms with Gasteiger partial charge in [-0.15, -0.1) is 16.4 Å². The van der Waals surface area contributed by atoms with Crippen LogP contribution in [0.4, 0.5) is 0 Å². The standard InChI is InChI=1S/C9H13N5S/c1-6(2)9-10-8(5-15-9)4-14-7(3)11-12-13-14/h5-6H,4H2,1-3H3. The molecule has 0 aromatic carbocycles. The third-order valence-electron chi connectivity index (χ3n) is 2.09. The fourth-order valence-electron chi connectivity index (χ4n) is 1.21. The van der Waals surface area contributed by atoms with E-state index in [1.165, 1.54) is 0 Å². The quantitative estimate of drug-likeness (QED) is 0.793. The Kier molecular flexibility index (Phi) is 2.77. The van der Waals surface area contributed by atoms with E-state index in [-0.39, 0.29) is 0 Å². The summed E-state index contributed by atoms with van der Waals surface area (Å²) < 4.78 is 1.75. The van der Waals surface area contributed by atoms with Crippen LogP contribution in [0.15, 0.2) is 5.38 Å². The minimum Gasteiger partial charge on any atom is -0.244 e. The van der Waals surface area contributed by atoms with Crippen molar-refractivity contribution in [3.8, 4) is 0 Å². The van der Waals surface area contributed by atoms with Gasteiger partial charge in [-0.25, -0.2) is 9.67 Å². The molecule has 0 saturated carbocycles. The highest BCUT2D eigenvalue weighted by Gasteiger charge is 2.08. The number of aromatic nitrogens is 5. The van der Waals surface area contributed by atoms with Crippen molar-refractivity contribution in [1.82, 2.24) is 25.2 Å². The van der Waals surface area contributed by atoms with Crippen molar-refractivity contribution in [2.75, 3.05) is 0 Å². The van der Waals surface area contributed by atoms with Crippen LogP contribution in [0.2, 0.25) is 0 Å². The Balaban J connectivity index is 2.15. The van der Waals surface area contributed by atoms with Gasteiger partial charge >= 0.3 is 0 Å². The molecule has 0 atom stereocenters. The van der Waals surface area contributed by atoms with Gasteiger partial charge in [-0.2, -0.15) is 0 Å².